The molecule has 0 saturated heterocycles. The molecule has 11 heteroatoms. The van der Waals surface area contributed by atoms with Crippen LogP contribution in [0.2, 0.25) is 0 Å². The molecule has 4 rings (SSSR count). The number of hydrogen-bond donors (Lipinski definition) is 0. The molecule has 0 atom stereocenters. The van der Waals surface area contributed by atoms with Gasteiger partial charge in [-0.3, -0.25) is 19.7 Å². The summed E-state index contributed by atoms with van der Waals surface area (Å²) in [5.74, 6) is 1.18. The van der Waals surface area contributed by atoms with E-state index in [4.69, 9.17) is 18.6 Å². The van der Waals surface area contributed by atoms with Crippen LogP contribution < -0.4 is 9.47 Å². The van der Waals surface area contributed by atoms with E-state index in [9.17, 15) is 19.7 Å². The summed E-state index contributed by atoms with van der Waals surface area (Å²) < 4.78 is 21.4. The first-order valence-electron chi connectivity index (χ1n) is 11.8. The van der Waals surface area contributed by atoms with Crippen molar-refractivity contribution in [2.45, 2.75) is 13.1 Å². The molecule has 1 aliphatic rings. The molecule has 2 heterocycles. The second-order valence-electron chi connectivity index (χ2n) is 8.45. The third-order valence-electron chi connectivity index (χ3n) is 5.82. The van der Waals surface area contributed by atoms with E-state index >= 15 is 0 Å². The smallest absolute Gasteiger partial charge is 0.269 e. The molecule has 2 aromatic carbocycles. The fourth-order valence-corrected chi connectivity index (χ4v) is 3.79. The van der Waals surface area contributed by atoms with Crippen LogP contribution in [0.25, 0.3) is 6.08 Å². The molecule has 1 aliphatic heterocycles. The lowest BCUT2D eigenvalue weighted by Gasteiger charge is -2.27. The summed E-state index contributed by atoms with van der Waals surface area (Å²) in [7, 11) is 1.51. The maximum atomic E-state index is 13.5. The summed E-state index contributed by atoms with van der Waals surface area (Å²) in [5, 5.41) is 10.9. The fraction of sp³-hybridized carbons (Fsp3) is 0.259. The monoisotopic (exact) mass is 521 g/mol. The first-order valence-corrected chi connectivity index (χ1v) is 11.8. The molecule has 0 N–H and O–H groups in total. The van der Waals surface area contributed by atoms with Gasteiger partial charge in [0, 0.05) is 38.4 Å². The number of furan rings is 1. The van der Waals surface area contributed by atoms with E-state index < -0.39 is 10.8 Å². The lowest BCUT2D eigenvalue weighted by molar-refractivity contribution is -0.384. The molecule has 11 nitrogen and oxygen atoms in total. The zero-order chi connectivity index (χ0) is 26.9. The Morgan fingerprint density at radius 3 is 2.55 bits per heavy atom. The van der Waals surface area contributed by atoms with Gasteiger partial charge in [-0.25, -0.2) is 0 Å². The molecule has 0 unspecified atom stereocenters. The van der Waals surface area contributed by atoms with Gasteiger partial charge in [0.2, 0.25) is 18.6 Å². The molecule has 0 saturated carbocycles. The number of amides is 2. The summed E-state index contributed by atoms with van der Waals surface area (Å²) in [5.41, 5.74) is 1.41. The van der Waals surface area contributed by atoms with Crippen molar-refractivity contribution in [2.24, 2.45) is 0 Å². The molecular weight excluding hydrogens is 494 g/mol. The highest BCUT2D eigenvalue weighted by atomic mass is 16.7. The highest BCUT2D eigenvalue weighted by Gasteiger charge is 2.23. The van der Waals surface area contributed by atoms with E-state index in [1.54, 1.807) is 41.3 Å². The molecule has 0 bridgehead atoms. The number of nitro benzene ring substituents is 1. The summed E-state index contributed by atoms with van der Waals surface area (Å²) in [6.07, 6.45) is 4.42. The van der Waals surface area contributed by atoms with Crippen molar-refractivity contribution in [3.05, 3.63) is 93.9 Å². The van der Waals surface area contributed by atoms with Gasteiger partial charge in [0.25, 0.3) is 5.69 Å². The number of rotatable bonds is 12. The number of fused-ring (bicyclic) bond motifs is 1. The Morgan fingerprint density at radius 2 is 1.84 bits per heavy atom. The van der Waals surface area contributed by atoms with Gasteiger partial charge in [0.1, 0.15) is 12.3 Å². The van der Waals surface area contributed by atoms with Gasteiger partial charge in [-0.15, -0.1) is 0 Å². The highest BCUT2D eigenvalue weighted by Crippen LogP contribution is 2.33. The zero-order valence-corrected chi connectivity index (χ0v) is 20.8. The van der Waals surface area contributed by atoms with Gasteiger partial charge >= 0.3 is 0 Å². The predicted molar refractivity (Wildman–Crippen MR) is 136 cm³/mol. The van der Waals surface area contributed by atoms with Crippen LogP contribution in [0.15, 0.2) is 71.4 Å². The summed E-state index contributed by atoms with van der Waals surface area (Å²) in [6.45, 7) is 0.886. The number of nitrogens with zero attached hydrogens (tertiary/aromatic N) is 3. The minimum absolute atomic E-state index is 0.0418. The van der Waals surface area contributed by atoms with E-state index in [-0.39, 0.29) is 51.2 Å². The van der Waals surface area contributed by atoms with E-state index in [1.165, 1.54) is 36.5 Å². The molecule has 1 aromatic heterocycles. The number of hydrogen-bond acceptors (Lipinski definition) is 8. The van der Waals surface area contributed by atoms with E-state index in [1.807, 2.05) is 12.1 Å². The molecule has 2 amide bonds. The van der Waals surface area contributed by atoms with Crippen LogP contribution >= 0.6 is 0 Å². The minimum atomic E-state index is -0.491. The number of methoxy groups -OCH3 is 1. The molecule has 198 valence electrons. The van der Waals surface area contributed by atoms with Gasteiger partial charge in [-0.05, 0) is 53.6 Å². The number of ether oxygens (including phenoxy) is 3. The minimum Gasteiger partial charge on any atom is -0.467 e. The Balaban J connectivity index is 1.48. The number of non-ortho nitro benzene ring substituents is 1. The quantitative estimate of drug-likeness (QED) is 0.201. The van der Waals surface area contributed by atoms with Crippen molar-refractivity contribution in [3.63, 3.8) is 0 Å². The average molecular weight is 522 g/mol. The molecular formula is C27H27N3O8. The summed E-state index contributed by atoms with van der Waals surface area (Å²) >= 11 is 0. The van der Waals surface area contributed by atoms with Crippen LogP contribution in [-0.4, -0.2) is 60.1 Å². The average Bonchev–Trinajstić information content (AvgIpc) is 3.61. The van der Waals surface area contributed by atoms with E-state index in [0.717, 1.165) is 5.56 Å². The third-order valence-corrected chi connectivity index (χ3v) is 5.82. The van der Waals surface area contributed by atoms with Crippen molar-refractivity contribution < 1.29 is 33.1 Å². The third kappa shape index (κ3) is 6.98. The molecule has 38 heavy (non-hydrogen) atoms. The van der Waals surface area contributed by atoms with Gasteiger partial charge in [-0.2, -0.15) is 0 Å². The van der Waals surface area contributed by atoms with Crippen LogP contribution in [0.1, 0.15) is 16.9 Å². The lowest BCUT2D eigenvalue weighted by Crippen LogP contribution is -2.43. The van der Waals surface area contributed by atoms with Crippen molar-refractivity contribution >= 4 is 23.6 Å². The predicted octanol–water partition coefficient (Wildman–Crippen LogP) is 3.63. The van der Waals surface area contributed by atoms with Crippen LogP contribution in [-0.2, 0) is 27.4 Å². The van der Waals surface area contributed by atoms with Crippen LogP contribution in [0.4, 0.5) is 5.69 Å². The standard InChI is InChI=1S/C27H27N3O8/c1-35-14-12-28(26(31)11-7-20-4-8-22(9-5-20)30(33)34)18-27(32)29(17-23-3-2-13-36-23)16-21-6-10-24-25(15-21)38-19-37-24/h2-11,13,15H,12,14,16-19H2,1H3/b11-7+. The van der Waals surface area contributed by atoms with Crippen LogP contribution in [0.3, 0.4) is 0 Å². The number of carbonyl (C=O) groups excluding carboxylic acids is 2. The first kappa shape index (κ1) is 26.4. The van der Waals surface area contributed by atoms with E-state index in [0.29, 0.717) is 22.8 Å². The van der Waals surface area contributed by atoms with E-state index in [2.05, 4.69) is 0 Å². The second kappa shape index (κ2) is 12.5. The van der Waals surface area contributed by atoms with Crippen molar-refractivity contribution in [1.29, 1.82) is 0 Å². The topological polar surface area (TPSA) is 125 Å². The molecule has 0 spiro atoms. The van der Waals surface area contributed by atoms with Crippen molar-refractivity contribution in [1.82, 2.24) is 9.80 Å². The SMILES string of the molecule is COCCN(CC(=O)N(Cc1ccc2c(c1)OCO2)Cc1ccco1)C(=O)/C=C/c1ccc([N+](=O)[O-])cc1. The highest BCUT2D eigenvalue weighted by molar-refractivity contribution is 5.94. The summed E-state index contributed by atoms with van der Waals surface area (Å²) in [4.78, 5) is 39.8. The normalized spacial score (nSPS) is 12.0. The molecule has 0 aliphatic carbocycles. The molecule has 0 radical (unpaired) electrons. The Hall–Kier alpha value is -4.64. The largest absolute Gasteiger partial charge is 0.467 e. The second-order valence-corrected chi connectivity index (χ2v) is 8.45. The first-order chi connectivity index (χ1) is 18.4. The number of nitro groups is 1. The molecule has 3 aromatic rings. The number of benzene rings is 2. The fourth-order valence-electron chi connectivity index (χ4n) is 3.79. The lowest BCUT2D eigenvalue weighted by atomic mass is 10.1. The molecule has 0 fully saturated rings. The Labute approximate surface area is 218 Å². The van der Waals surface area contributed by atoms with Gasteiger partial charge in [0.05, 0.1) is 24.3 Å². The van der Waals surface area contributed by atoms with Gasteiger partial charge in [-0.1, -0.05) is 6.07 Å². The van der Waals surface area contributed by atoms with Gasteiger partial charge in [0.15, 0.2) is 11.5 Å². The zero-order valence-electron chi connectivity index (χ0n) is 20.8. The van der Waals surface area contributed by atoms with Crippen LogP contribution in [0, 0.1) is 10.1 Å². The summed E-state index contributed by atoms with van der Waals surface area (Å²) in [6, 6.07) is 14.8. The Morgan fingerprint density at radius 1 is 1.05 bits per heavy atom. The van der Waals surface area contributed by atoms with Gasteiger partial charge < -0.3 is 28.4 Å². The van der Waals surface area contributed by atoms with Crippen molar-refractivity contribution in [3.8, 4) is 11.5 Å². The van der Waals surface area contributed by atoms with Crippen LogP contribution in [0.5, 0.6) is 11.5 Å². The maximum absolute atomic E-state index is 13.5. The maximum Gasteiger partial charge on any atom is 0.269 e. The number of carbonyl (C=O) groups is 2. The van der Waals surface area contributed by atoms with Crippen molar-refractivity contribution in [2.75, 3.05) is 33.6 Å². The Kier molecular flexibility index (Phi) is 8.73. The Bertz CT molecular complexity index is 1290.